The number of rotatable bonds is 1. The molecular weight excluding hydrogens is 1030 g/mol. The molecule has 9 bridgehead atoms. The van der Waals surface area contributed by atoms with Gasteiger partial charge in [-0.1, -0.05) is 181 Å². The Morgan fingerprint density at radius 1 is 0.500 bits per heavy atom. The Labute approximate surface area is 503 Å². The third-order valence-electron chi connectivity index (χ3n) is 21.7. The molecule has 5 heterocycles. The maximum Gasteiger partial charge on any atom is 0.252 e. The number of benzene rings is 9. The van der Waals surface area contributed by atoms with E-state index < -0.39 is 0 Å². The van der Waals surface area contributed by atoms with Crippen LogP contribution in [0.5, 0.6) is 0 Å². The zero-order valence-electron chi connectivity index (χ0n) is 51.9. The van der Waals surface area contributed by atoms with Crippen LogP contribution >= 0.6 is 11.3 Å². The van der Waals surface area contributed by atoms with Gasteiger partial charge in [0.25, 0.3) is 6.71 Å². The van der Waals surface area contributed by atoms with Crippen LogP contribution in [0.1, 0.15) is 166 Å². The van der Waals surface area contributed by atoms with Crippen molar-refractivity contribution >= 4 is 100 Å². The average molecular weight is 1110 g/mol. The minimum absolute atomic E-state index is 0.0145. The Morgan fingerprint density at radius 3 is 1.94 bits per heavy atom. The predicted octanol–water partition coefficient (Wildman–Crippen LogP) is 20.0. The van der Waals surface area contributed by atoms with Gasteiger partial charge in [-0.2, -0.15) is 0 Å². The summed E-state index contributed by atoms with van der Waals surface area (Å²) in [7, 11) is 0. The van der Waals surface area contributed by atoms with Gasteiger partial charge >= 0.3 is 0 Å². The Bertz CT molecular complexity index is 4530. The standard InChI is InChI=1S/C79H78BN3S/c1-46-37-66-72-67(38-46)82-64-22-18-20-49-39-48-23-24-54(43-57(48)70(49)64)77(11,12)53-21-17-19-47(40-53)56-41-50(74(2,3)4)25-31-62(56)81(66)65-45-55(83-63-32-26-52(76(8,9)10)44-59(63)78(13)35-15-16-36-79(78,83)14)28-29-60(65)80(72)61-30-34-69-71(73(61)82)58-42-51(75(5,6)7)27-33-68(58)84-69/h17-34,37-38,40-45H,15-16,35-36,39H2,1-14H3. The fourth-order valence-electron chi connectivity index (χ4n) is 16.6. The number of anilines is 8. The minimum atomic E-state index is -0.302. The van der Waals surface area contributed by atoms with Gasteiger partial charge in [0.15, 0.2) is 0 Å². The summed E-state index contributed by atoms with van der Waals surface area (Å²) in [5.74, 6) is 0. The van der Waals surface area contributed by atoms with E-state index in [2.05, 4.69) is 269 Å². The molecule has 0 N–H and O–H groups in total. The van der Waals surface area contributed by atoms with Crippen molar-refractivity contribution in [2.75, 3.05) is 14.7 Å². The van der Waals surface area contributed by atoms with E-state index >= 15 is 0 Å². The molecule has 2 atom stereocenters. The first-order valence-corrected chi connectivity index (χ1v) is 32.1. The van der Waals surface area contributed by atoms with Gasteiger partial charge in [-0.25, -0.2) is 0 Å². The van der Waals surface area contributed by atoms with E-state index in [1.165, 1.54) is 174 Å². The summed E-state index contributed by atoms with van der Waals surface area (Å²) in [5, 5.41) is 2.71. The summed E-state index contributed by atoms with van der Waals surface area (Å²) in [6, 6.07) is 64.4. The van der Waals surface area contributed by atoms with Crippen molar-refractivity contribution in [3.05, 3.63) is 208 Å². The van der Waals surface area contributed by atoms with Gasteiger partial charge in [-0.3, -0.25) is 0 Å². The zero-order valence-corrected chi connectivity index (χ0v) is 52.7. The largest absolute Gasteiger partial charge is 0.334 e. The molecule has 1 fully saturated rings. The highest BCUT2D eigenvalue weighted by atomic mass is 32.1. The smallest absolute Gasteiger partial charge is 0.252 e. The van der Waals surface area contributed by atoms with Crippen molar-refractivity contribution in [1.82, 2.24) is 0 Å². The van der Waals surface area contributed by atoms with Crippen LogP contribution in [-0.2, 0) is 33.5 Å². The molecule has 0 saturated heterocycles. The van der Waals surface area contributed by atoms with Gasteiger partial charge in [-0.05, 0) is 200 Å². The third kappa shape index (κ3) is 7.11. The van der Waals surface area contributed by atoms with Crippen molar-refractivity contribution < 1.29 is 0 Å². The van der Waals surface area contributed by atoms with E-state index in [0.717, 1.165) is 12.8 Å². The van der Waals surface area contributed by atoms with Crippen molar-refractivity contribution in [1.29, 1.82) is 0 Å². The quantitative estimate of drug-likeness (QED) is 0.152. The van der Waals surface area contributed by atoms with Crippen molar-refractivity contribution in [3.8, 4) is 22.3 Å². The molecule has 84 heavy (non-hydrogen) atoms. The lowest BCUT2D eigenvalue weighted by Crippen LogP contribution is -2.61. The summed E-state index contributed by atoms with van der Waals surface area (Å²) in [6.45, 7) is 33.7. The van der Waals surface area contributed by atoms with Crippen molar-refractivity contribution in [3.63, 3.8) is 0 Å². The first-order chi connectivity index (χ1) is 39.9. The number of hydrogen-bond donors (Lipinski definition) is 0. The second kappa shape index (κ2) is 17.2. The predicted molar refractivity (Wildman–Crippen MR) is 363 cm³/mol. The van der Waals surface area contributed by atoms with Crippen molar-refractivity contribution in [2.45, 2.75) is 162 Å². The minimum Gasteiger partial charge on any atom is -0.334 e. The van der Waals surface area contributed by atoms with E-state index in [-0.39, 0.29) is 39.3 Å². The monoisotopic (exact) mass is 1110 g/mol. The first-order valence-electron chi connectivity index (χ1n) is 31.3. The summed E-state index contributed by atoms with van der Waals surface area (Å²) in [6.07, 6.45) is 5.71. The fourth-order valence-corrected chi connectivity index (χ4v) is 17.7. The molecule has 3 nitrogen and oxygen atoms in total. The maximum atomic E-state index is 2.82. The molecule has 0 spiro atoms. The maximum absolute atomic E-state index is 2.82. The van der Waals surface area contributed by atoms with E-state index in [4.69, 9.17) is 0 Å². The van der Waals surface area contributed by atoms with Crippen LogP contribution in [0.3, 0.4) is 0 Å². The van der Waals surface area contributed by atoms with Gasteiger partial charge in [0.1, 0.15) is 0 Å². The van der Waals surface area contributed by atoms with E-state index in [1.54, 1.807) is 0 Å². The lowest BCUT2D eigenvalue weighted by Gasteiger charge is -2.51. The highest BCUT2D eigenvalue weighted by molar-refractivity contribution is 7.26. The highest BCUT2D eigenvalue weighted by Gasteiger charge is 2.58. The fraction of sp³-hybridized carbons (Fsp3) is 0.316. The van der Waals surface area contributed by atoms with Gasteiger partial charge in [0.2, 0.25) is 0 Å². The topological polar surface area (TPSA) is 9.72 Å². The number of aryl methyl sites for hydroxylation is 1. The number of nitrogens with zero attached hydrogens (tertiary/aromatic N) is 3. The molecule has 9 aromatic carbocycles. The summed E-state index contributed by atoms with van der Waals surface area (Å²) in [4.78, 5) is 8.33. The van der Waals surface area contributed by atoms with Crippen LogP contribution in [0.4, 0.5) is 45.5 Å². The van der Waals surface area contributed by atoms with Crippen LogP contribution in [0.25, 0.3) is 42.4 Å². The Morgan fingerprint density at radius 2 is 1.17 bits per heavy atom. The second-order valence-corrected chi connectivity index (χ2v) is 31.3. The summed E-state index contributed by atoms with van der Waals surface area (Å²) in [5.41, 5.74) is 31.4. The molecule has 16 rings (SSSR count). The summed E-state index contributed by atoms with van der Waals surface area (Å²) >= 11 is 1.95. The lowest BCUT2D eigenvalue weighted by atomic mass is 9.33. The second-order valence-electron chi connectivity index (χ2n) is 30.2. The van der Waals surface area contributed by atoms with Crippen LogP contribution in [0, 0.1) is 6.92 Å². The molecule has 5 heteroatoms. The zero-order chi connectivity index (χ0) is 58.1. The molecule has 0 radical (unpaired) electrons. The normalized spacial score (nSPS) is 19.6. The highest BCUT2D eigenvalue weighted by Crippen LogP contribution is 2.62. The van der Waals surface area contributed by atoms with E-state index in [0.29, 0.717) is 0 Å². The van der Waals surface area contributed by atoms with Gasteiger partial charge in [-0.15, -0.1) is 11.3 Å². The summed E-state index contributed by atoms with van der Waals surface area (Å²) < 4.78 is 2.67. The van der Waals surface area contributed by atoms with E-state index in [1.807, 2.05) is 11.3 Å². The van der Waals surface area contributed by atoms with Gasteiger partial charge < -0.3 is 14.7 Å². The van der Waals surface area contributed by atoms with E-state index in [9.17, 15) is 0 Å². The SMILES string of the molecule is Cc1cc2c3c(c1)N1c4cccc5c4-c4cc(ccc4C5)C(C)(C)c4cccc(c4)-c4cc(C(C)(C)C)ccc4N2c2cc(N4c5ccc(C(C)(C)C)cc5C5(C)CCCCC45C)ccc2B3c2ccc3sc4ccc(C(C)(C)C)cc4c3c21. The Hall–Kier alpha value is -7.34. The number of hydrogen-bond acceptors (Lipinski definition) is 4. The van der Waals surface area contributed by atoms with Crippen LogP contribution in [-0.4, -0.2) is 12.3 Å². The lowest BCUT2D eigenvalue weighted by molar-refractivity contribution is 0.195. The van der Waals surface area contributed by atoms with Crippen LogP contribution in [0.2, 0.25) is 0 Å². The number of thiophene rings is 1. The molecule has 10 aromatic rings. The Balaban J connectivity index is 1.06. The molecule has 6 aliphatic rings. The molecule has 1 saturated carbocycles. The first kappa shape index (κ1) is 52.2. The molecule has 2 unspecified atom stereocenters. The molecule has 1 aromatic heterocycles. The Kier molecular flexibility index (Phi) is 10.7. The van der Waals surface area contributed by atoms with Crippen LogP contribution in [0.15, 0.2) is 158 Å². The number of fused-ring (bicyclic) bond motifs is 20. The van der Waals surface area contributed by atoms with Crippen LogP contribution < -0.4 is 31.1 Å². The molecule has 0 amide bonds. The average Bonchev–Trinajstić information content (AvgIpc) is 1.17. The molecule has 418 valence electrons. The van der Waals surface area contributed by atoms with Gasteiger partial charge in [0, 0.05) is 70.6 Å². The van der Waals surface area contributed by atoms with Crippen molar-refractivity contribution in [2.24, 2.45) is 0 Å². The third-order valence-corrected chi connectivity index (χ3v) is 22.9. The molecule has 2 aliphatic carbocycles. The molecule has 4 aliphatic heterocycles. The molecular formula is C79H78BN3S. The van der Waals surface area contributed by atoms with Gasteiger partial charge in [0.05, 0.1) is 22.6 Å².